The molecule has 0 aromatic heterocycles. The standard InChI is InChI=1S/C22H34N4O3/c1-4-23-22(24-14-21(27)25-18-8-6-5-7-9-18)26-11-10-16-12-19(28-2)20(29-3)13-17(16)15-26/h12-13,18H,4-11,14-15H2,1-3H3,(H,23,24)(H,25,27). The molecule has 1 saturated carbocycles. The number of nitrogens with zero attached hydrogens (tertiary/aromatic N) is 2. The molecule has 1 heterocycles. The minimum Gasteiger partial charge on any atom is -0.493 e. The number of carbonyl (C=O) groups is 1. The zero-order chi connectivity index (χ0) is 20.6. The highest BCUT2D eigenvalue weighted by Gasteiger charge is 2.22. The molecule has 1 aromatic rings. The lowest BCUT2D eigenvalue weighted by atomic mass is 9.95. The van der Waals surface area contributed by atoms with Crippen LogP contribution in [0.4, 0.5) is 0 Å². The molecular weight excluding hydrogens is 368 g/mol. The van der Waals surface area contributed by atoms with Gasteiger partial charge in [0.05, 0.1) is 14.2 Å². The maximum atomic E-state index is 12.4. The van der Waals surface area contributed by atoms with Crippen LogP contribution in [-0.4, -0.2) is 56.7 Å². The van der Waals surface area contributed by atoms with Gasteiger partial charge in [-0.2, -0.15) is 0 Å². The molecule has 0 saturated heterocycles. The first kappa shape index (κ1) is 21.3. The van der Waals surface area contributed by atoms with Crippen LogP contribution in [0.3, 0.4) is 0 Å². The van der Waals surface area contributed by atoms with Crippen LogP contribution in [0.15, 0.2) is 17.1 Å². The predicted molar refractivity (Wildman–Crippen MR) is 115 cm³/mol. The van der Waals surface area contributed by atoms with Crippen molar-refractivity contribution in [2.45, 2.75) is 58.0 Å². The van der Waals surface area contributed by atoms with Crippen molar-refractivity contribution in [1.29, 1.82) is 0 Å². The average molecular weight is 403 g/mol. The zero-order valence-corrected chi connectivity index (χ0v) is 17.9. The fourth-order valence-electron chi connectivity index (χ4n) is 4.16. The molecule has 1 aromatic carbocycles. The van der Waals surface area contributed by atoms with Gasteiger partial charge in [0.1, 0.15) is 6.54 Å². The maximum Gasteiger partial charge on any atom is 0.242 e. The SMILES string of the molecule is CCNC(=NCC(=O)NC1CCCCC1)N1CCc2cc(OC)c(OC)cc2C1. The second kappa shape index (κ2) is 10.4. The van der Waals surface area contributed by atoms with Gasteiger partial charge in [-0.1, -0.05) is 19.3 Å². The van der Waals surface area contributed by atoms with Crippen LogP contribution < -0.4 is 20.1 Å². The molecule has 2 N–H and O–H groups in total. The summed E-state index contributed by atoms with van der Waals surface area (Å²) in [7, 11) is 3.31. The minimum absolute atomic E-state index is 0.0103. The van der Waals surface area contributed by atoms with E-state index < -0.39 is 0 Å². The van der Waals surface area contributed by atoms with Crippen molar-refractivity contribution in [1.82, 2.24) is 15.5 Å². The van der Waals surface area contributed by atoms with Gasteiger partial charge in [0.25, 0.3) is 0 Å². The van der Waals surface area contributed by atoms with Crippen molar-refractivity contribution in [3.8, 4) is 11.5 Å². The molecule has 1 aliphatic carbocycles. The van der Waals surface area contributed by atoms with E-state index in [1.54, 1.807) is 14.2 Å². The van der Waals surface area contributed by atoms with E-state index in [0.29, 0.717) is 6.04 Å². The van der Waals surface area contributed by atoms with Crippen molar-refractivity contribution in [2.24, 2.45) is 4.99 Å². The summed E-state index contributed by atoms with van der Waals surface area (Å²) in [5.74, 6) is 2.30. The molecule has 0 atom stereocenters. The third kappa shape index (κ3) is 5.55. The lowest BCUT2D eigenvalue weighted by molar-refractivity contribution is -0.120. The van der Waals surface area contributed by atoms with E-state index in [9.17, 15) is 4.79 Å². The Balaban J connectivity index is 1.66. The normalized spacial score (nSPS) is 17.5. The molecule has 7 heteroatoms. The number of guanidine groups is 1. The van der Waals surface area contributed by atoms with Crippen molar-refractivity contribution >= 4 is 11.9 Å². The summed E-state index contributed by atoms with van der Waals surface area (Å²) in [6, 6.07) is 4.42. The van der Waals surface area contributed by atoms with Crippen LogP contribution in [-0.2, 0) is 17.8 Å². The first-order valence-corrected chi connectivity index (χ1v) is 10.7. The van der Waals surface area contributed by atoms with Gasteiger partial charge in [-0.05, 0) is 49.4 Å². The molecule has 160 valence electrons. The molecule has 0 spiro atoms. The second-order valence-electron chi connectivity index (χ2n) is 7.72. The van der Waals surface area contributed by atoms with Gasteiger partial charge >= 0.3 is 0 Å². The number of amides is 1. The molecule has 29 heavy (non-hydrogen) atoms. The monoisotopic (exact) mass is 402 g/mol. The summed E-state index contributed by atoms with van der Waals surface area (Å²) < 4.78 is 10.9. The van der Waals surface area contributed by atoms with Crippen LogP contribution in [0.2, 0.25) is 0 Å². The first-order chi connectivity index (χ1) is 14.1. The Morgan fingerprint density at radius 3 is 2.48 bits per heavy atom. The molecular formula is C22H34N4O3. The van der Waals surface area contributed by atoms with Crippen molar-refractivity contribution in [3.63, 3.8) is 0 Å². The first-order valence-electron chi connectivity index (χ1n) is 10.7. The summed E-state index contributed by atoms with van der Waals surface area (Å²) in [4.78, 5) is 19.2. The quantitative estimate of drug-likeness (QED) is 0.565. The number of nitrogens with one attached hydrogen (secondary N) is 2. The topological polar surface area (TPSA) is 75.2 Å². The van der Waals surface area contributed by atoms with Crippen LogP contribution in [0, 0.1) is 0 Å². The number of benzene rings is 1. The highest BCUT2D eigenvalue weighted by atomic mass is 16.5. The Labute approximate surface area is 173 Å². The predicted octanol–water partition coefficient (Wildman–Crippen LogP) is 2.48. The minimum atomic E-state index is 0.0103. The van der Waals surface area contributed by atoms with Gasteiger partial charge < -0.3 is 25.0 Å². The van der Waals surface area contributed by atoms with Gasteiger partial charge in [-0.25, -0.2) is 4.99 Å². The largest absolute Gasteiger partial charge is 0.493 e. The van der Waals surface area contributed by atoms with Gasteiger partial charge in [-0.3, -0.25) is 4.79 Å². The Morgan fingerprint density at radius 1 is 1.14 bits per heavy atom. The highest BCUT2D eigenvalue weighted by molar-refractivity contribution is 5.85. The van der Waals surface area contributed by atoms with Crippen molar-refractivity contribution < 1.29 is 14.3 Å². The molecule has 1 amide bonds. The number of aliphatic imine (C=N–C) groups is 1. The molecule has 7 nitrogen and oxygen atoms in total. The number of hydrogen-bond donors (Lipinski definition) is 2. The molecule has 1 fully saturated rings. The van der Waals surface area contributed by atoms with Gasteiger partial charge in [0, 0.05) is 25.7 Å². The summed E-state index contributed by atoms with van der Waals surface area (Å²) in [5, 5.41) is 6.47. The van der Waals surface area contributed by atoms with E-state index in [1.165, 1.54) is 30.4 Å². The van der Waals surface area contributed by atoms with E-state index in [2.05, 4.69) is 26.6 Å². The van der Waals surface area contributed by atoms with Crippen LogP contribution >= 0.6 is 0 Å². The summed E-state index contributed by atoms with van der Waals surface area (Å²) in [6.45, 7) is 4.54. The number of hydrogen-bond acceptors (Lipinski definition) is 4. The fraction of sp³-hybridized carbons (Fsp3) is 0.636. The number of rotatable bonds is 6. The Kier molecular flexibility index (Phi) is 7.61. The van der Waals surface area contributed by atoms with Crippen LogP contribution in [0.25, 0.3) is 0 Å². The van der Waals surface area contributed by atoms with Crippen LogP contribution in [0.5, 0.6) is 11.5 Å². The molecule has 0 radical (unpaired) electrons. The average Bonchev–Trinajstić information content (AvgIpc) is 2.75. The molecule has 0 unspecified atom stereocenters. The molecule has 2 aliphatic rings. The Morgan fingerprint density at radius 2 is 1.83 bits per heavy atom. The van der Waals surface area contributed by atoms with E-state index in [1.807, 2.05) is 13.0 Å². The zero-order valence-electron chi connectivity index (χ0n) is 17.9. The smallest absolute Gasteiger partial charge is 0.242 e. The van der Waals surface area contributed by atoms with Crippen LogP contribution in [0.1, 0.15) is 50.2 Å². The van der Waals surface area contributed by atoms with Gasteiger partial charge in [0.2, 0.25) is 5.91 Å². The molecule has 0 bridgehead atoms. The third-order valence-electron chi connectivity index (χ3n) is 5.70. The number of methoxy groups -OCH3 is 2. The third-order valence-corrected chi connectivity index (χ3v) is 5.70. The van der Waals surface area contributed by atoms with Gasteiger partial charge in [-0.15, -0.1) is 0 Å². The van der Waals surface area contributed by atoms with Crippen molar-refractivity contribution in [2.75, 3.05) is 33.9 Å². The molecule has 3 rings (SSSR count). The summed E-state index contributed by atoms with van der Waals surface area (Å²) >= 11 is 0. The van der Waals surface area contributed by atoms with E-state index in [4.69, 9.17) is 9.47 Å². The highest BCUT2D eigenvalue weighted by Crippen LogP contribution is 2.33. The lowest BCUT2D eigenvalue weighted by Crippen LogP contribution is -2.45. The van der Waals surface area contributed by atoms with E-state index >= 15 is 0 Å². The van der Waals surface area contributed by atoms with Crippen molar-refractivity contribution in [3.05, 3.63) is 23.3 Å². The van der Waals surface area contributed by atoms with E-state index in [-0.39, 0.29) is 12.5 Å². The number of ether oxygens (including phenoxy) is 2. The summed E-state index contributed by atoms with van der Waals surface area (Å²) in [5.41, 5.74) is 2.47. The summed E-state index contributed by atoms with van der Waals surface area (Å²) in [6.07, 6.45) is 6.76. The maximum absolute atomic E-state index is 12.4. The molecule has 1 aliphatic heterocycles. The number of carbonyl (C=O) groups excluding carboxylic acids is 1. The Hall–Kier alpha value is -2.44. The second-order valence-corrected chi connectivity index (χ2v) is 7.72. The number of fused-ring (bicyclic) bond motifs is 1. The fourth-order valence-corrected chi connectivity index (χ4v) is 4.16. The van der Waals surface area contributed by atoms with E-state index in [0.717, 1.165) is 56.4 Å². The Bertz CT molecular complexity index is 729. The lowest BCUT2D eigenvalue weighted by Gasteiger charge is -2.32. The van der Waals surface area contributed by atoms with Gasteiger partial charge in [0.15, 0.2) is 17.5 Å².